The highest BCUT2D eigenvalue weighted by Gasteiger charge is 2.10. The summed E-state index contributed by atoms with van der Waals surface area (Å²) in [6.07, 6.45) is -0.813. The average molecular weight is 310 g/mol. The first-order chi connectivity index (χ1) is 8.54. The zero-order valence-corrected chi connectivity index (χ0v) is 11.7. The lowest BCUT2D eigenvalue weighted by molar-refractivity contribution is -0.113. The maximum atomic E-state index is 11.6. The van der Waals surface area contributed by atoms with E-state index in [2.05, 4.69) is 5.32 Å². The molecule has 0 bridgehead atoms. The molecule has 100 valence electrons. The summed E-state index contributed by atoms with van der Waals surface area (Å²) in [5.41, 5.74) is 0.383. The molecular weight excluding hydrogens is 297 g/mol. The van der Waals surface area contributed by atoms with Crippen molar-refractivity contribution in [3.05, 3.63) is 28.2 Å². The van der Waals surface area contributed by atoms with Crippen molar-refractivity contribution >= 4 is 46.6 Å². The standard InChI is InChI=1S/C11H13Cl2NO3S/c12-8-2-1-3-9(13)11(8)14-10(17)6-18-5-7(16)4-15/h1-3,7,15-16H,4-6H2,(H,14,17). The van der Waals surface area contributed by atoms with Gasteiger partial charge in [0.15, 0.2) is 0 Å². The third-order valence-electron chi connectivity index (χ3n) is 1.98. The predicted octanol–water partition coefficient (Wildman–Crippen LogP) is 2.02. The van der Waals surface area contributed by atoms with E-state index in [1.54, 1.807) is 18.2 Å². The second kappa shape index (κ2) is 7.86. The molecule has 1 unspecified atom stereocenters. The Morgan fingerprint density at radius 1 is 1.39 bits per heavy atom. The SMILES string of the molecule is O=C(CSCC(O)CO)Nc1c(Cl)cccc1Cl. The molecular formula is C11H13Cl2NO3S. The summed E-state index contributed by atoms with van der Waals surface area (Å²) in [5, 5.41) is 21.1. The van der Waals surface area contributed by atoms with Crippen LogP contribution in [0.15, 0.2) is 18.2 Å². The van der Waals surface area contributed by atoms with Crippen LogP contribution in [0.3, 0.4) is 0 Å². The van der Waals surface area contributed by atoms with Crippen molar-refractivity contribution in [2.24, 2.45) is 0 Å². The van der Waals surface area contributed by atoms with Gasteiger partial charge in [-0.25, -0.2) is 0 Å². The second-order valence-electron chi connectivity index (χ2n) is 3.50. The van der Waals surface area contributed by atoms with E-state index >= 15 is 0 Å². The van der Waals surface area contributed by atoms with E-state index in [0.717, 1.165) is 0 Å². The molecule has 0 saturated carbocycles. The number of hydrogen-bond acceptors (Lipinski definition) is 4. The van der Waals surface area contributed by atoms with Gasteiger partial charge in [-0.3, -0.25) is 4.79 Å². The molecule has 0 fully saturated rings. The first kappa shape index (κ1) is 15.6. The van der Waals surface area contributed by atoms with Crippen LogP contribution in [0.25, 0.3) is 0 Å². The van der Waals surface area contributed by atoms with E-state index in [4.69, 9.17) is 33.4 Å². The molecule has 1 rings (SSSR count). The van der Waals surface area contributed by atoms with Gasteiger partial charge in [-0.1, -0.05) is 29.3 Å². The van der Waals surface area contributed by atoms with Crippen LogP contribution in [0.1, 0.15) is 0 Å². The molecule has 0 saturated heterocycles. The summed E-state index contributed by atoms with van der Waals surface area (Å²) in [7, 11) is 0. The first-order valence-corrected chi connectivity index (χ1v) is 7.06. The van der Waals surface area contributed by atoms with Gasteiger partial charge in [0.05, 0.1) is 34.2 Å². The van der Waals surface area contributed by atoms with Gasteiger partial charge in [0.2, 0.25) is 5.91 Å². The molecule has 0 aliphatic rings. The molecule has 1 aromatic rings. The predicted molar refractivity (Wildman–Crippen MR) is 75.5 cm³/mol. The quantitative estimate of drug-likeness (QED) is 0.752. The molecule has 0 aliphatic heterocycles. The van der Waals surface area contributed by atoms with Crippen LogP contribution in [0.5, 0.6) is 0 Å². The Morgan fingerprint density at radius 3 is 2.56 bits per heavy atom. The Labute approximate surface area is 119 Å². The van der Waals surface area contributed by atoms with Gasteiger partial charge < -0.3 is 15.5 Å². The molecule has 4 nitrogen and oxygen atoms in total. The fraction of sp³-hybridized carbons (Fsp3) is 0.364. The highest BCUT2D eigenvalue weighted by Crippen LogP contribution is 2.29. The number of carbonyl (C=O) groups excluding carboxylic acids is 1. The van der Waals surface area contributed by atoms with Gasteiger partial charge in [-0.2, -0.15) is 0 Å². The van der Waals surface area contributed by atoms with Crippen molar-refractivity contribution < 1.29 is 15.0 Å². The fourth-order valence-electron chi connectivity index (χ4n) is 1.13. The Kier molecular flexibility index (Phi) is 6.81. The van der Waals surface area contributed by atoms with Crippen molar-refractivity contribution in [1.82, 2.24) is 0 Å². The van der Waals surface area contributed by atoms with Crippen LogP contribution in [-0.2, 0) is 4.79 Å². The third-order valence-corrected chi connectivity index (χ3v) is 3.70. The van der Waals surface area contributed by atoms with Crippen LogP contribution in [0.2, 0.25) is 10.0 Å². The molecule has 0 aliphatic carbocycles. The number of para-hydroxylation sites is 1. The largest absolute Gasteiger partial charge is 0.394 e. The minimum Gasteiger partial charge on any atom is -0.394 e. The topological polar surface area (TPSA) is 69.6 Å². The molecule has 18 heavy (non-hydrogen) atoms. The van der Waals surface area contributed by atoms with Crippen molar-refractivity contribution in [3.63, 3.8) is 0 Å². The van der Waals surface area contributed by atoms with Crippen LogP contribution >= 0.6 is 35.0 Å². The van der Waals surface area contributed by atoms with Crippen LogP contribution in [0, 0.1) is 0 Å². The number of carbonyl (C=O) groups is 1. The van der Waals surface area contributed by atoms with E-state index < -0.39 is 6.10 Å². The van der Waals surface area contributed by atoms with Crippen LogP contribution in [-0.4, -0.2) is 40.3 Å². The summed E-state index contributed by atoms with van der Waals surface area (Å²) < 4.78 is 0. The number of aliphatic hydroxyl groups excluding tert-OH is 2. The molecule has 0 heterocycles. The number of benzene rings is 1. The van der Waals surface area contributed by atoms with E-state index in [-0.39, 0.29) is 18.3 Å². The zero-order valence-electron chi connectivity index (χ0n) is 9.40. The minimum atomic E-state index is -0.813. The molecule has 3 N–H and O–H groups in total. The van der Waals surface area contributed by atoms with Crippen molar-refractivity contribution in [2.45, 2.75) is 6.10 Å². The van der Waals surface area contributed by atoms with E-state index in [1.807, 2.05) is 0 Å². The van der Waals surface area contributed by atoms with E-state index in [0.29, 0.717) is 21.5 Å². The van der Waals surface area contributed by atoms with Crippen molar-refractivity contribution in [2.75, 3.05) is 23.4 Å². The first-order valence-electron chi connectivity index (χ1n) is 5.15. The molecule has 1 amide bonds. The van der Waals surface area contributed by atoms with Gasteiger partial charge in [-0.15, -0.1) is 11.8 Å². The maximum absolute atomic E-state index is 11.6. The monoisotopic (exact) mass is 309 g/mol. The lowest BCUT2D eigenvalue weighted by Crippen LogP contribution is -2.19. The summed E-state index contributed by atoms with van der Waals surface area (Å²) in [4.78, 5) is 11.6. The third kappa shape index (κ3) is 5.04. The van der Waals surface area contributed by atoms with Gasteiger partial charge in [0.25, 0.3) is 0 Å². The van der Waals surface area contributed by atoms with Gasteiger partial charge in [-0.05, 0) is 12.1 Å². The van der Waals surface area contributed by atoms with Gasteiger partial charge >= 0.3 is 0 Å². The number of aliphatic hydroxyl groups is 2. The van der Waals surface area contributed by atoms with Gasteiger partial charge in [0.1, 0.15) is 0 Å². The molecule has 0 aromatic heterocycles. The lowest BCUT2D eigenvalue weighted by atomic mass is 10.3. The summed E-state index contributed by atoms with van der Waals surface area (Å²) >= 11 is 13.0. The van der Waals surface area contributed by atoms with Crippen LogP contribution < -0.4 is 5.32 Å². The maximum Gasteiger partial charge on any atom is 0.234 e. The Hall–Kier alpha value is -0.460. The fourth-order valence-corrected chi connectivity index (χ4v) is 2.38. The normalized spacial score (nSPS) is 12.2. The smallest absolute Gasteiger partial charge is 0.234 e. The molecule has 7 heteroatoms. The minimum absolute atomic E-state index is 0.151. The van der Waals surface area contributed by atoms with Crippen molar-refractivity contribution in [1.29, 1.82) is 0 Å². The number of rotatable bonds is 6. The molecule has 0 radical (unpaired) electrons. The number of anilines is 1. The zero-order chi connectivity index (χ0) is 13.5. The van der Waals surface area contributed by atoms with E-state index in [1.165, 1.54) is 11.8 Å². The number of halogens is 2. The number of hydrogen-bond donors (Lipinski definition) is 3. The molecule has 1 atom stereocenters. The Morgan fingerprint density at radius 2 is 2.00 bits per heavy atom. The summed E-state index contributed by atoms with van der Waals surface area (Å²) in [5.74, 6) is 0.179. The highest BCUT2D eigenvalue weighted by molar-refractivity contribution is 8.00. The van der Waals surface area contributed by atoms with E-state index in [9.17, 15) is 4.79 Å². The molecule has 0 spiro atoms. The Balaban J connectivity index is 2.45. The average Bonchev–Trinajstić information content (AvgIpc) is 2.34. The Bertz CT molecular complexity index is 397. The number of amides is 1. The summed E-state index contributed by atoms with van der Waals surface area (Å²) in [6.45, 7) is -0.315. The summed E-state index contributed by atoms with van der Waals surface area (Å²) in [6, 6.07) is 4.95. The van der Waals surface area contributed by atoms with Crippen LogP contribution in [0.4, 0.5) is 5.69 Å². The lowest BCUT2D eigenvalue weighted by Gasteiger charge is -2.09. The molecule has 1 aromatic carbocycles. The van der Waals surface area contributed by atoms with Gasteiger partial charge in [0, 0.05) is 5.75 Å². The second-order valence-corrected chi connectivity index (χ2v) is 5.34. The van der Waals surface area contributed by atoms with Crippen molar-refractivity contribution in [3.8, 4) is 0 Å². The highest BCUT2D eigenvalue weighted by atomic mass is 35.5. The number of thioether (sulfide) groups is 1. The number of nitrogens with one attached hydrogen (secondary N) is 1.